The quantitative estimate of drug-likeness (QED) is 0.819. The summed E-state index contributed by atoms with van der Waals surface area (Å²) in [6.45, 7) is 2.54. The number of halogens is 1. The van der Waals surface area contributed by atoms with Gasteiger partial charge >= 0.3 is 0 Å². The van der Waals surface area contributed by atoms with Gasteiger partial charge in [-0.1, -0.05) is 35.5 Å². The van der Waals surface area contributed by atoms with Crippen molar-refractivity contribution in [2.75, 3.05) is 12.3 Å². The highest BCUT2D eigenvalue weighted by Gasteiger charge is 2.21. The molecule has 2 aromatic rings. The number of hydrogen-bond donors (Lipinski definition) is 1. The lowest BCUT2D eigenvalue weighted by atomic mass is 9.97. The Labute approximate surface area is 153 Å². The number of thioether (sulfide) groups is 1. The van der Waals surface area contributed by atoms with Gasteiger partial charge in [0.25, 0.3) is 0 Å². The maximum Gasteiger partial charge on any atom is 0.233 e. The van der Waals surface area contributed by atoms with Gasteiger partial charge in [-0.3, -0.25) is 14.6 Å². The second-order valence-corrected chi connectivity index (χ2v) is 7.73. The molecule has 0 radical (unpaired) electrons. The first kappa shape index (κ1) is 17.2. The van der Waals surface area contributed by atoms with E-state index >= 15 is 0 Å². The summed E-state index contributed by atoms with van der Waals surface area (Å²) in [5.41, 5.74) is 1.22. The van der Waals surface area contributed by atoms with E-state index in [0.29, 0.717) is 20.6 Å². The summed E-state index contributed by atoms with van der Waals surface area (Å²) < 4.78 is 0. The van der Waals surface area contributed by atoms with Gasteiger partial charge in [-0.25, -0.2) is 0 Å². The highest BCUT2D eigenvalue weighted by Crippen LogP contribution is 2.26. The van der Waals surface area contributed by atoms with Crippen LogP contribution in [0.5, 0.6) is 0 Å². The highest BCUT2D eigenvalue weighted by molar-refractivity contribution is 8.14. The maximum atomic E-state index is 12.4. The molecule has 1 atom stereocenters. The Morgan fingerprint density at radius 3 is 2.79 bits per heavy atom. The molecule has 2 heterocycles. The van der Waals surface area contributed by atoms with Crippen molar-refractivity contribution in [1.29, 1.82) is 0 Å². The molecule has 0 fully saturated rings. The van der Waals surface area contributed by atoms with Crippen LogP contribution in [0.15, 0.2) is 40.7 Å². The number of rotatable bonds is 4. The van der Waals surface area contributed by atoms with Gasteiger partial charge in [-0.15, -0.1) is 11.3 Å². The topological polar surface area (TPSA) is 58.5 Å². The average Bonchev–Trinajstić information content (AvgIpc) is 3.27. The molecule has 1 N–H and O–H groups in total. The molecule has 1 aliphatic rings. The molecule has 1 amide bonds. The maximum absolute atomic E-state index is 12.4. The number of amidine groups is 1. The van der Waals surface area contributed by atoms with Crippen molar-refractivity contribution in [2.45, 2.75) is 12.8 Å². The fourth-order valence-corrected chi connectivity index (χ4v) is 3.99. The molecule has 1 unspecified atom stereocenters. The minimum Gasteiger partial charge on any atom is -0.305 e. The summed E-state index contributed by atoms with van der Waals surface area (Å²) in [5.74, 6) is 0.291. The van der Waals surface area contributed by atoms with E-state index in [1.165, 1.54) is 23.1 Å². The van der Waals surface area contributed by atoms with Crippen molar-refractivity contribution in [3.63, 3.8) is 0 Å². The molecule has 0 spiro atoms. The Kier molecular flexibility index (Phi) is 5.38. The molecule has 124 valence electrons. The molecule has 24 heavy (non-hydrogen) atoms. The van der Waals surface area contributed by atoms with E-state index in [1.54, 1.807) is 24.3 Å². The molecule has 0 saturated heterocycles. The normalized spacial score (nSPS) is 15.0. The SMILES string of the molecule is CC(C(=O)NC1=NCCS1)c1ccc(C(=O)c2cccs2)c(Cl)c1. The van der Waals surface area contributed by atoms with Crippen molar-refractivity contribution in [3.8, 4) is 0 Å². The second kappa shape index (κ2) is 7.51. The molecule has 0 aliphatic carbocycles. The van der Waals surface area contributed by atoms with Crippen LogP contribution < -0.4 is 5.32 Å². The monoisotopic (exact) mass is 378 g/mol. The summed E-state index contributed by atoms with van der Waals surface area (Å²) in [7, 11) is 0. The van der Waals surface area contributed by atoms with Crippen LogP contribution in [0.1, 0.15) is 33.6 Å². The van der Waals surface area contributed by atoms with Crippen molar-refractivity contribution >= 4 is 51.6 Å². The van der Waals surface area contributed by atoms with Gasteiger partial charge in [-0.2, -0.15) is 0 Å². The first-order valence-corrected chi connectivity index (χ1v) is 9.66. The van der Waals surface area contributed by atoms with E-state index in [9.17, 15) is 9.59 Å². The summed E-state index contributed by atoms with van der Waals surface area (Å²) >= 11 is 9.20. The average molecular weight is 379 g/mol. The van der Waals surface area contributed by atoms with E-state index in [-0.39, 0.29) is 17.6 Å². The van der Waals surface area contributed by atoms with E-state index in [1.807, 2.05) is 18.4 Å². The Bertz CT molecular complexity index is 803. The minimum absolute atomic E-state index is 0.102. The van der Waals surface area contributed by atoms with Gasteiger partial charge in [0.1, 0.15) is 0 Å². The van der Waals surface area contributed by atoms with E-state index < -0.39 is 0 Å². The Hall–Kier alpha value is -1.63. The molecule has 3 rings (SSSR count). The molecular formula is C17H15ClN2O2S2. The Balaban J connectivity index is 1.76. The van der Waals surface area contributed by atoms with Crippen LogP contribution in [0.25, 0.3) is 0 Å². The minimum atomic E-state index is -0.378. The molecule has 1 aliphatic heterocycles. The number of carbonyl (C=O) groups is 2. The van der Waals surface area contributed by atoms with Crippen LogP contribution >= 0.6 is 34.7 Å². The third-order valence-electron chi connectivity index (χ3n) is 3.69. The van der Waals surface area contributed by atoms with E-state index in [4.69, 9.17) is 11.6 Å². The summed E-state index contributed by atoms with van der Waals surface area (Å²) in [6.07, 6.45) is 0. The zero-order chi connectivity index (χ0) is 17.1. The summed E-state index contributed by atoms with van der Waals surface area (Å²) in [4.78, 5) is 29.6. The zero-order valence-corrected chi connectivity index (χ0v) is 15.3. The smallest absolute Gasteiger partial charge is 0.233 e. The van der Waals surface area contributed by atoms with Crippen molar-refractivity contribution in [1.82, 2.24) is 5.32 Å². The molecule has 4 nitrogen and oxygen atoms in total. The standard InChI is InChI=1S/C17H15ClN2O2S2/c1-10(16(22)20-17-19-6-8-24-17)11-4-5-12(13(18)9-11)15(21)14-3-2-7-23-14/h2-5,7,9-10H,6,8H2,1H3,(H,19,20,22). The van der Waals surface area contributed by atoms with Crippen molar-refractivity contribution in [2.24, 2.45) is 4.99 Å². The lowest BCUT2D eigenvalue weighted by molar-refractivity contribution is -0.120. The molecular weight excluding hydrogens is 364 g/mol. The van der Waals surface area contributed by atoms with E-state index in [0.717, 1.165) is 17.9 Å². The number of nitrogens with zero attached hydrogens (tertiary/aromatic N) is 1. The number of ketones is 1. The van der Waals surface area contributed by atoms with Crippen LogP contribution in [0.4, 0.5) is 0 Å². The lowest BCUT2D eigenvalue weighted by Crippen LogP contribution is -2.31. The number of benzene rings is 1. The number of aliphatic imine (C=N–C) groups is 1. The molecule has 1 aromatic heterocycles. The largest absolute Gasteiger partial charge is 0.305 e. The van der Waals surface area contributed by atoms with Gasteiger partial charge in [0, 0.05) is 11.3 Å². The Morgan fingerprint density at radius 1 is 1.33 bits per heavy atom. The third kappa shape index (κ3) is 3.71. The van der Waals surface area contributed by atoms with Crippen molar-refractivity contribution in [3.05, 3.63) is 56.7 Å². The van der Waals surface area contributed by atoms with Crippen LogP contribution in [0.3, 0.4) is 0 Å². The second-order valence-electron chi connectivity index (χ2n) is 5.29. The van der Waals surface area contributed by atoms with Crippen molar-refractivity contribution < 1.29 is 9.59 Å². The molecule has 7 heteroatoms. The van der Waals surface area contributed by atoms with Crippen LogP contribution in [0, 0.1) is 0 Å². The fraction of sp³-hybridized carbons (Fsp3) is 0.235. The molecule has 1 aromatic carbocycles. The number of thiophene rings is 1. The third-order valence-corrected chi connectivity index (χ3v) is 5.76. The number of carbonyl (C=O) groups excluding carboxylic acids is 2. The summed E-state index contributed by atoms with van der Waals surface area (Å²) in [5, 5.41) is 5.70. The predicted octanol–water partition coefficient (Wildman–Crippen LogP) is 3.96. The van der Waals surface area contributed by atoms with Crippen LogP contribution in [0.2, 0.25) is 5.02 Å². The number of nitrogens with one attached hydrogen (secondary N) is 1. The number of amides is 1. The molecule has 0 bridgehead atoms. The van der Waals surface area contributed by atoms with Gasteiger partial charge in [0.2, 0.25) is 11.7 Å². The lowest BCUT2D eigenvalue weighted by Gasteiger charge is -2.13. The fourth-order valence-electron chi connectivity index (χ4n) is 2.30. The van der Waals surface area contributed by atoms with Crippen LogP contribution in [-0.4, -0.2) is 29.2 Å². The summed E-state index contributed by atoms with van der Waals surface area (Å²) in [6, 6.07) is 8.76. The molecule has 0 saturated carbocycles. The van der Waals surface area contributed by atoms with Gasteiger partial charge in [0.15, 0.2) is 5.17 Å². The Morgan fingerprint density at radius 2 is 2.17 bits per heavy atom. The first-order chi connectivity index (χ1) is 11.6. The first-order valence-electron chi connectivity index (χ1n) is 7.42. The highest BCUT2D eigenvalue weighted by atomic mass is 35.5. The van der Waals surface area contributed by atoms with Gasteiger partial charge in [0.05, 0.1) is 22.4 Å². The van der Waals surface area contributed by atoms with Gasteiger partial charge < -0.3 is 5.32 Å². The zero-order valence-electron chi connectivity index (χ0n) is 12.9. The predicted molar refractivity (Wildman–Crippen MR) is 101 cm³/mol. The number of hydrogen-bond acceptors (Lipinski definition) is 5. The van der Waals surface area contributed by atoms with Crippen LogP contribution in [-0.2, 0) is 4.79 Å². The van der Waals surface area contributed by atoms with Gasteiger partial charge in [-0.05, 0) is 36.1 Å². The van der Waals surface area contributed by atoms with E-state index in [2.05, 4.69) is 10.3 Å².